The van der Waals surface area contributed by atoms with Crippen LogP contribution in [0, 0.1) is 19.8 Å². The van der Waals surface area contributed by atoms with Gasteiger partial charge in [-0.15, -0.1) is 0 Å². The van der Waals surface area contributed by atoms with Gasteiger partial charge in [0.1, 0.15) is 11.5 Å². The summed E-state index contributed by atoms with van der Waals surface area (Å²) in [5.74, 6) is 3.10. The van der Waals surface area contributed by atoms with Gasteiger partial charge >= 0.3 is 0 Å². The first-order valence-corrected chi connectivity index (χ1v) is 14.8. The van der Waals surface area contributed by atoms with E-state index in [1.807, 2.05) is 54.0 Å². The van der Waals surface area contributed by atoms with Gasteiger partial charge in [0.15, 0.2) is 11.6 Å². The van der Waals surface area contributed by atoms with E-state index < -0.39 is 0 Å². The van der Waals surface area contributed by atoms with E-state index in [4.69, 9.17) is 13.8 Å². The molecule has 0 radical (unpaired) electrons. The molecular weight excluding hydrogens is 506 g/mol. The van der Waals surface area contributed by atoms with Crippen molar-refractivity contribution < 1.29 is 18.4 Å². The molecule has 0 spiro atoms. The Kier molecular flexibility index (Phi) is 7.74. The zero-order valence-corrected chi connectivity index (χ0v) is 23.6. The third kappa shape index (κ3) is 5.57. The van der Waals surface area contributed by atoms with Crippen molar-refractivity contribution in [1.29, 1.82) is 0 Å². The van der Waals surface area contributed by atoms with E-state index in [0.717, 1.165) is 81.7 Å². The van der Waals surface area contributed by atoms with Gasteiger partial charge in [0.2, 0.25) is 11.8 Å². The quantitative estimate of drug-likeness (QED) is 0.439. The Labute approximate surface area is 235 Å². The average Bonchev–Trinajstić information content (AvgIpc) is 3.74. The van der Waals surface area contributed by atoms with Gasteiger partial charge in [-0.2, -0.15) is 0 Å². The van der Waals surface area contributed by atoms with Crippen LogP contribution in [0.1, 0.15) is 78.0 Å². The standard InChI is InChI=1S/C31H39N5O4/c1-21-26(32-28(39-21)23-9-4-3-5-10-23)20-34-14-8-11-25(19-34)30(37)36-17-12-24(13-18-36)29-33-27(22(2)40-29)31(38)35-15-6-7-16-35/h3-5,9-10,24-25H,6-8,11-20H2,1-2H3. The van der Waals surface area contributed by atoms with Crippen molar-refractivity contribution in [3.05, 3.63) is 59.1 Å². The summed E-state index contributed by atoms with van der Waals surface area (Å²) >= 11 is 0. The summed E-state index contributed by atoms with van der Waals surface area (Å²) < 4.78 is 11.9. The molecule has 2 aromatic heterocycles. The fourth-order valence-corrected chi connectivity index (χ4v) is 6.36. The number of aryl methyl sites for hydroxylation is 2. The van der Waals surface area contributed by atoms with Crippen LogP contribution in [0.4, 0.5) is 0 Å². The first-order valence-electron chi connectivity index (χ1n) is 14.8. The lowest BCUT2D eigenvalue weighted by Gasteiger charge is -2.37. The number of rotatable bonds is 6. The van der Waals surface area contributed by atoms with Crippen LogP contribution in [0.25, 0.3) is 11.5 Å². The lowest BCUT2D eigenvalue weighted by Crippen LogP contribution is -2.47. The molecule has 3 saturated heterocycles. The first-order chi connectivity index (χ1) is 19.5. The summed E-state index contributed by atoms with van der Waals surface area (Å²) in [4.78, 5) is 42.0. The smallest absolute Gasteiger partial charge is 0.276 e. The summed E-state index contributed by atoms with van der Waals surface area (Å²) in [6.07, 6.45) is 5.63. The van der Waals surface area contributed by atoms with Crippen molar-refractivity contribution in [2.24, 2.45) is 5.92 Å². The highest BCUT2D eigenvalue weighted by molar-refractivity contribution is 5.93. The van der Waals surface area contributed by atoms with E-state index >= 15 is 0 Å². The number of aromatic nitrogens is 2. The molecule has 0 saturated carbocycles. The van der Waals surface area contributed by atoms with Crippen molar-refractivity contribution in [3.63, 3.8) is 0 Å². The largest absolute Gasteiger partial charge is 0.445 e. The second-order valence-electron chi connectivity index (χ2n) is 11.5. The van der Waals surface area contributed by atoms with Crippen LogP contribution in [0.2, 0.25) is 0 Å². The molecular formula is C31H39N5O4. The van der Waals surface area contributed by atoms with Gasteiger partial charge in [0, 0.05) is 50.7 Å². The lowest BCUT2D eigenvalue weighted by atomic mass is 9.92. The van der Waals surface area contributed by atoms with Crippen LogP contribution < -0.4 is 0 Å². The monoisotopic (exact) mass is 545 g/mol. The van der Waals surface area contributed by atoms with Crippen LogP contribution in [-0.2, 0) is 11.3 Å². The Balaban J connectivity index is 1.03. The average molecular weight is 546 g/mol. The summed E-state index contributed by atoms with van der Waals surface area (Å²) in [5, 5.41) is 0. The molecule has 0 N–H and O–H groups in total. The van der Waals surface area contributed by atoms with Gasteiger partial charge in [-0.05, 0) is 71.0 Å². The number of nitrogens with zero attached hydrogens (tertiary/aromatic N) is 5. The molecule has 3 fully saturated rings. The molecule has 3 aliphatic rings. The lowest BCUT2D eigenvalue weighted by molar-refractivity contribution is -0.138. The van der Waals surface area contributed by atoms with Crippen molar-refractivity contribution in [2.75, 3.05) is 39.3 Å². The number of piperidine rings is 2. The van der Waals surface area contributed by atoms with Gasteiger partial charge in [-0.1, -0.05) is 18.2 Å². The van der Waals surface area contributed by atoms with Crippen molar-refractivity contribution in [1.82, 2.24) is 24.7 Å². The molecule has 3 aromatic rings. The van der Waals surface area contributed by atoms with Crippen molar-refractivity contribution in [3.8, 4) is 11.5 Å². The Hall–Kier alpha value is -3.46. The fraction of sp³-hybridized carbons (Fsp3) is 0.548. The third-order valence-electron chi connectivity index (χ3n) is 8.71. The molecule has 6 rings (SSSR count). The van der Waals surface area contributed by atoms with Crippen LogP contribution in [0.3, 0.4) is 0 Å². The number of carbonyl (C=O) groups excluding carboxylic acids is 2. The molecule has 9 heteroatoms. The SMILES string of the molecule is Cc1oc(-c2ccccc2)nc1CN1CCCC(C(=O)N2CCC(c3nc(C(=O)N4CCCC4)c(C)o3)CC2)C1. The maximum absolute atomic E-state index is 13.5. The first kappa shape index (κ1) is 26.7. The fourth-order valence-electron chi connectivity index (χ4n) is 6.36. The molecule has 1 aromatic carbocycles. The van der Waals surface area contributed by atoms with Gasteiger partial charge < -0.3 is 18.6 Å². The highest BCUT2D eigenvalue weighted by atomic mass is 16.4. The minimum absolute atomic E-state index is 0.000214. The van der Waals surface area contributed by atoms with Crippen LogP contribution in [-0.4, -0.2) is 75.8 Å². The number of oxazole rings is 2. The molecule has 40 heavy (non-hydrogen) atoms. The normalized spacial score (nSPS) is 20.8. The van der Waals surface area contributed by atoms with E-state index in [1.54, 1.807) is 0 Å². The predicted octanol–water partition coefficient (Wildman–Crippen LogP) is 4.80. The molecule has 5 heterocycles. The zero-order valence-electron chi connectivity index (χ0n) is 23.6. The number of likely N-dealkylation sites (tertiary alicyclic amines) is 3. The minimum atomic E-state index is -0.0171. The molecule has 1 unspecified atom stereocenters. The van der Waals surface area contributed by atoms with Gasteiger partial charge in [-0.25, -0.2) is 9.97 Å². The highest BCUT2D eigenvalue weighted by Gasteiger charge is 2.34. The summed E-state index contributed by atoms with van der Waals surface area (Å²) in [7, 11) is 0. The molecule has 0 bridgehead atoms. The van der Waals surface area contributed by atoms with Gasteiger partial charge in [-0.3, -0.25) is 14.5 Å². The second-order valence-corrected chi connectivity index (χ2v) is 11.5. The number of carbonyl (C=O) groups is 2. The second kappa shape index (κ2) is 11.6. The number of hydrogen-bond acceptors (Lipinski definition) is 7. The van der Waals surface area contributed by atoms with E-state index in [1.165, 1.54) is 0 Å². The Morgan fingerprint density at radius 3 is 2.35 bits per heavy atom. The van der Waals surface area contributed by atoms with Gasteiger partial charge in [0.25, 0.3) is 5.91 Å². The predicted molar refractivity (Wildman–Crippen MR) is 150 cm³/mol. The summed E-state index contributed by atoms with van der Waals surface area (Å²) in [6, 6.07) is 9.96. The highest BCUT2D eigenvalue weighted by Crippen LogP contribution is 2.31. The molecule has 212 valence electrons. The third-order valence-corrected chi connectivity index (χ3v) is 8.71. The zero-order chi connectivity index (χ0) is 27.6. The van der Waals surface area contributed by atoms with Crippen LogP contribution in [0.15, 0.2) is 39.2 Å². The van der Waals surface area contributed by atoms with Crippen LogP contribution in [0.5, 0.6) is 0 Å². The molecule has 9 nitrogen and oxygen atoms in total. The van der Waals surface area contributed by atoms with E-state index in [-0.39, 0.29) is 23.7 Å². The maximum atomic E-state index is 13.5. The van der Waals surface area contributed by atoms with E-state index in [9.17, 15) is 9.59 Å². The number of benzene rings is 1. The summed E-state index contributed by atoms with van der Waals surface area (Å²) in [5.41, 5.74) is 2.37. The topological polar surface area (TPSA) is 95.9 Å². The Morgan fingerprint density at radius 2 is 1.60 bits per heavy atom. The van der Waals surface area contributed by atoms with E-state index in [0.29, 0.717) is 42.9 Å². The number of hydrogen-bond donors (Lipinski definition) is 0. The Morgan fingerprint density at radius 1 is 0.850 bits per heavy atom. The van der Waals surface area contributed by atoms with Gasteiger partial charge in [0.05, 0.1) is 11.6 Å². The molecule has 3 aliphatic heterocycles. The van der Waals surface area contributed by atoms with E-state index in [2.05, 4.69) is 9.88 Å². The summed E-state index contributed by atoms with van der Waals surface area (Å²) in [6.45, 7) is 9.17. The van der Waals surface area contributed by atoms with Crippen molar-refractivity contribution in [2.45, 2.75) is 64.8 Å². The molecule has 2 amide bonds. The number of amides is 2. The van der Waals surface area contributed by atoms with Crippen LogP contribution >= 0.6 is 0 Å². The minimum Gasteiger partial charge on any atom is -0.445 e. The maximum Gasteiger partial charge on any atom is 0.276 e. The van der Waals surface area contributed by atoms with Crippen molar-refractivity contribution >= 4 is 11.8 Å². The molecule has 1 atom stereocenters. The molecule has 0 aliphatic carbocycles. The Bertz CT molecular complexity index is 1330.